The molecule has 0 radical (unpaired) electrons. The molecule has 1 N–H and O–H groups in total. The number of hydrogen-bond acceptors (Lipinski definition) is 4. The maximum absolute atomic E-state index is 13.0. The molecule has 0 unspecified atom stereocenters. The monoisotopic (exact) mass is 390 g/mol. The highest BCUT2D eigenvalue weighted by Crippen LogP contribution is 2.13. The van der Waals surface area contributed by atoms with Crippen molar-refractivity contribution >= 4 is 11.8 Å². The van der Waals surface area contributed by atoms with E-state index in [9.17, 15) is 14.0 Å². The summed E-state index contributed by atoms with van der Waals surface area (Å²) in [6.45, 7) is 7.70. The molecule has 1 aromatic rings. The first-order valence-electron chi connectivity index (χ1n) is 10.3. The van der Waals surface area contributed by atoms with Crippen molar-refractivity contribution in [1.82, 2.24) is 20.0 Å². The van der Waals surface area contributed by atoms with Crippen LogP contribution in [0.25, 0.3) is 0 Å². The lowest BCUT2D eigenvalue weighted by Gasteiger charge is -2.35. The third-order valence-electron chi connectivity index (χ3n) is 5.65. The number of piperidine rings is 1. The lowest BCUT2D eigenvalue weighted by Crippen LogP contribution is -2.52. The molecule has 0 aliphatic carbocycles. The lowest BCUT2D eigenvalue weighted by molar-refractivity contribution is -0.134. The van der Waals surface area contributed by atoms with Gasteiger partial charge in [0, 0.05) is 39.3 Å². The minimum Gasteiger partial charge on any atom is -0.348 e. The number of likely N-dealkylation sites (tertiary alicyclic amines) is 1. The van der Waals surface area contributed by atoms with Crippen LogP contribution in [-0.4, -0.2) is 78.9 Å². The molecule has 2 heterocycles. The molecule has 6 nitrogen and oxygen atoms in total. The van der Waals surface area contributed by atoms with Gasteiger partial charge >= 0.3 is 0 Å². The van der Waals surface area contributed by atoms with Crippen LogP contribution < -0.4 is 5.32 Å². The molecule has 2 amide bonds. The molecule has 2 aliphatic heterocycles. The summed E-state index contributed by atoms with van der Waals surface area (Å²) in [5, 5.41) is 2.97. The second-order valence-corrected chi connectivity index (χ2v) is 7.83. The molecule has 2 fully saturated rings. The van der Waals surface area contributed by atoms with Gasteiger partial charge in [-0.2, -0.15) is 0 Å². The van der Waals surface area contributed by atoms with Gasteiger partial charge in [-0.25, -0.2) is 4.39 Å². The fraction of sp³-hybridized carbons (Fsp3) is 0.619. The standard InChI is InChI=1S/C21H31FN4O2/c1-17(18-5-7-19(22)8-6-18)23-20(27)15-24-11-13-25(14-12-24)16-21(28)26-9-3-2-4-10-26/h5-8,17H,2-4,9-16H2,1H3,(H,23,27)/t17-/m0/s1. The summed E-state index contributed by atoms with van der Waals surface area (Å²) in [5.41, 5.74) is 0.885. The quantitative estimate of drug-likeness (QED) is 0.802. The Hall–Kier alpha value is -1.99. The van der Waals surface area contributed by atoms with Crippen LogP contribution in [-0.2, 0) is 9.59 Å². The van der Waals surface area contributed by atoms with Gasteiger partial charge < -0.3 is 10.2 Å². The molecule has 154 valence electrons. The summed E-state index contributed by atoms with van der Waals surface area (Å²) >= 11 is 0. The van der Waals surface area contributed by atoms with Crippen molar-refractivity contribution < 1.29 is 14.0 Å². The Morgan fingerprint density at radius 3 is 2.11 bits per heavy atom. The van der Waals surface area contributed by atoms with E-state index in [1.807, 2.05) is 11.8 Å². The summed E-state index contributed by atoms with van der Waals surface area (Å²) in [7, 11) is 0. The Morgan fingerprint density at radius 2 is 1.50 bits per heavy atom. The van der Waals surface area contributed by atoms with Crippen LogP contribution in [0.2, 0.25) is 0 Å². The smallest absolute Gasteiger partial charge is 0.236 e. The summed E-state index contributed by atoms with van der Waals surface area (Å²) in [6.07, 6.45) is 3.46. The molecule has 1 atom stereocenters. The average molecular weight is 391 g/mol. The maximum atomic E-state index is 13.0. The van der Waals surface area contributed by atoms with Crippen molar-refractivity contribution in [3.05, 3.63) is 35.6 Å². The zero-order valence-corrected chi connectivity index (χ0v) is 16.7. The van der Waals surface area contributed by atoms with Gasteiger partial charge in [0.15, 0.2) is 0 Å². The number of nitrogens with one attached hydrogen (secondary N) is 1. The fourth-order valence-electron chi connectivity index (χ4n) is 3.87. The molecule has 2 saturated heterocycles. The van der Waals surface area contributed by atoms with E-state index in [1.165, 1.54) is 18.6 Å². The molecular weight excluding hydrogens is 359 g/mol. The molecule has 1 aromatic carbocycles. The van der Waals surface area contributed by atoms with Gasteiger partial charge in [0.2, 0.25) is 11.8 Å². The van der Waals surface area contributed by atoms with Crippen molar-refractivity contribution in [3.8, 4) is 0 Å². The molecule has 0 saturated carbocycles. The minimum absolute atomic E-state index is 0.0327. The third kappa shape index (κ3) is 6.01. The summed E-state index contributed by atoms with van der Waals surface area (Å²) in [4.78, 5) is 31.0. The topological polar surface area (TPSA) is 55.9 Å². The van der Waals surface area contributed by atoms with Crippen LogP contribution in [0.3, 0.4) is 0 Å². The maximum Gasteiger partial charge on any atom is 0.236 e. The zero-order valence-electron chi connectivity index (χ0n) is 16.7. The predicted molar refractivity (Wildman–Crippen MR) is 106 cm³/mol. The highest BCUT2D eigenvalue weighted by molar-refractivity contribution is 5.79. The van der Waals surface area contributed by atoms with Crippen LogP contribution in [0.15, 0.2) is 24.3 Å². The number of rotatable bonds is 6. The van der Waals surface area contributed by atoms with Gasteiger partial charge in [0.25, 0.3) is 0 Å². The number of benzene rings is 1. The number of carbonyl (C=O) groups is 2. The van der Waals surface area contributed by atoms with Gasteiger partial charge in [0.1, 0.15) is 5.82 Å². The SMILES string of the molecule is C[C@H](NC(=O)CN1CCN(CC(=O)N2CCCCC2)CC1)c1ccc(F)cc1. The summed E-state index contributed by atoms with van der Waals surface area (Å²) in [5.74, 6) is -0.0763. The van der Waals surface area contributed by atoms with Crippen molar-refractivity contribution in [3.63, 3.8) is 0 Å². The van der Waals surface area contributed by atoms with Crippen LogP contribution in [0, 0.1) is 5.82 Å². The Labute approximate surface area is 166 Å². The molecular formula is C21H31FN4O2. The average Bonchev–Trinajstić information content (AvgIpc) is 2.70. The van der Waals surface area contributed by atoms with Crippen molar-refractivity contribution in [2.75, 3.05) is 52.4 Å². The van der Waals surface area contributed by atoms with Crippen LogP contribution in [0.5, 0.6) is 0 Å². The van der Waals surface area contributed by atoms with Crippen molar-refractivity contribution in [2.45, 2.75) is 32.2 Å². The summed E-state index contributed by atoms with van der Waals surface area (Å²) < 4.78 is 13.0. The first-order chi connectivity index (χ1) is 13.5. The zero-order chi connectivity index (χ0) is 19.9. The first-order valence-corrected chi connectivity index (χ1v) is 10.3. The van der Waals surface area contributed by atoms with Crippen LogP contribution >= 0.6 is 0 Å². The molecule has 7 heteroatoms. The largest absolute Gasteiger partial charge is 0.348 e. The van der Waals surface area contributed by atoms with E-state index in [0.29, 0.717) is 13.1 Å². The van der Waals surface area contributed by atoms with Gasteiger partial charge in [-0.3, -0.25) is 19.4 Å². The molecule has 0 spiro atoms. The van der Waals surface area contributed by atoms with E-state index in [-0.39, 0.29) is 23.7 Å². The van der Waals surface area contributed by atoms with Gasteiger partial charge in [-0.05, 0) is 43.9 Å². The normalized spacial score (nSPS) is 20.0. The molecule has 0 aromatic heterocycles. The minimum atomic E-state index is -0.279. The van der Waals surface area contributed by atoms with Crippen molar-refractivity contribution in [1.29, 1.82) is 0 Å². The predicted octanol–water partition coefficient (Wildman–Crippen LogP) is 1.63. The van der Waals surface area contributed by atoms with E-state index in [2.05, 4.69) is 15.1 Å². The number of amides is 2. The molecule has 28 heavy (non-hydrogen) atoms. The van der Waals surface area contributed by atoms with Crippen molar-refractivity contribution in [2.24, 2.45) is 0 Å². The van der Waals surface area contributed by atoms with E-state index < -0.39 is 0 Å². The second-order valence-electron chi connectivity index (χ2n) is 7.83. The van der Waals surface area contributed by atoms with E-state index >= 15 is 0 Å². The van der Waals surface area contributed by atoms with E-state index in [4.69, 9.17) is 0 Å². The summed E-state index contributed by atoms with van der Waals surface area (Å²) in [6, 6.07) is 6.04. The lowest BCUT2D eigenvalue weighted by atomic mass is 10.1. The molecule has 2 aliphatic rings. The Bertz CT molecular complexity index is 653. The highest BCUT2D eigenvalue weighted by atomic mass is 19.1. The Balaban J connectivity index is 1.37. The van der Waals surface area contributed by atoms with Gasteiger partial charge in [-0.1, -0.05) is 12.1 Å². The number of hydrogen-bond donors (Lipinski definition) is 1. The second kappa shape index (κ2) is 9.98. The van der Waals surface area contributed by atoms with Crippen LogP contribution in [0.4, 0.5) is 4.39 Å². The fourth-order valence-corrected chi connectivity index (χ4v) is 3.87. The number of carbonyl (C=O) groups excluding carboxylic acids is 2. The van der Waals surface area contributed by atoms with Crippen LogP contribution in [0.1, 0.15) is 37.8 Å². The highest BCUT2D eigenvalue weighted by Gasteiger charge is 2.24. The third-order valence-corrected chi connectivity index (χ3v) is 5.65. The number of piperazine rings is 1. The molecule has 0 bridgehead atoms. The number of halogens is 1. The number of nitrogens with zero attached hydrogens (tertiary/aromatic N) is 3. The molecule has 3 rings (SSSR count). The van der Waals surface area contributed by atoms with Gasteiger partial charge in [-0.15, -0.1) is 0 Å². The van der Waals surface area contributed by atoms with Gasteiger partial charge in [0.05, 0.1) is 19.1 Å². The van der Waals surface area contributed by atoms with E-state index in [0.717, 1.165) is 57.7 Å². The van der Waals surface area contributed by atoms with E-state index in [1.54, 1.807) is 12.1 Å². The Kier molecular flexibility index (Phi) is 7.39. The Morgan fingerprint density at radius 1 is 0.929 bits per heavy atom. The first kappa shape index (κ1) is 20.7.